The number of rotatable bonds is 7. The third-order valence-electron chi connectivity index (χ3n) is 5.02. The first-order chi connectivity index (χ1) is 14.5. The number of anilines is 2. The first-order valence-electron chi connectivity index (χ1n) is 10.2. The van der Waals surface area contributed by atoms with Gasteiger partial charge in [-0.1, -0.05) is 12.1 Å². The van der Waals surface area contributed by atoms with Crippen LogP contribution in [0.4, 0.5) is 11.4 Å². The van der Waals surface area contributed by atoms with E-state index < -0.39 is 12.1 Å². The highest BCUT2D eigenvalue weighted by molar-refractivity contribution is 5.96. The number of methoxy groups -OCH3 is 1. The van der Waals surface area contributed by atoms with Crippen LogP contribution in [-0.4, -0.2) is 38.2 Å². The highest BCUT2D eigenvalue weighted by atomic mass is 16.5. The van der Waals surface area contributed by atoms with Crippen molar-refractivity contribution in [1.29, 1.82) is 0 Å². The number of nitrogens with zero attached hydrogens (tertiary/aromatic N) is 1. The minimum atomic E-state index is -0.908. The second-order valence-electron chi connectivity index (χ2n) is 7.27. The lowest BCUT2D eigenvalue weighted by Gasteiger charge is -2.28. The fraction of sp³-hybridized carbons (Fsp3) is 0.333. The molecule has 2 aromatic rings. The summed E-state index contributed by atoms with van der Waals surface area (Å²) < 4.78 is 10.4. The summed E-state index contributed by atoms with van der Waals surface area (Å²) >= 11 is 0. The molecule has 30 heavy (non-hydrogen) atoms. The zero-order chi connectivity index (χ0) is 21.3. The van der Waals surface area contributed by atoms with Crippen molar-refractivity contribution in [2.45, 2.75) is 32.3 Å². The van der Waals surface area contributed by atoms with Crippen LogP contribution in [0.1, 0.15) is 31.7 Å². The molecule has 1 aliphatic heterocycles. The van der Waals surface area contributed by atoms with E-state index in [0.717, 1.165) is 24.3 Å². The van der Waals surface area contributed by atoms with Crippen molar-refractivity contribution in [3.63, 3.8) is 0 Å². The average molecular weight is 408 g/mol. The molecule has 1 amide bonds. The first-order valence-corrected chi connectivity index (χ1v) is 10.2. The van der Waals surface area contributed by atoms with Gasteiger partial charge in [0.2, 0.25) is 0 Å². The van der Waals surface area contributed by atoms with Crippen LogP contribution in [0, 0.1) is 0 Å². The number of carbonyl (C=O) groups excluding carboxylic acids is 2. The van der Waals surface area contributed by atoms with Gasteiger partial charge in [0.1, 0.15) is 5.75 Å². The molecule has 0 bridgehead atoms. The van der Waals surface area contributed by atoms with Crippen molar-refractivity contribution in [1.82, 2.24) is 0 Å². The molecular formula is C24H28N2O4. The summed E-state index contributed by atoms with van der Waals surface area (Å²) in [6, 6.07) is 15.1. The number of amides is 1. The normalized spacial score (nSPS) is 14.9. The molecule has 1 atom stereocenters. The van der Waals surface area contributed by atoms with Gasteiger partial charge in [-0.25, -0.2) is 4.79 Å². The van der Waals surface area contributed by atoms with Crippen LogP contribution in [0.2, 0.25) is 0 Å². The summed E-state index contributed by atoms with van der Waals surface area (Å²) in [5.74, 6) is -0.255. The maximum atomic E-state index is 12.4. The van der Waals surface area contributed by atoms with Gasteiger partial charge in [-0.15, -0.1) is 0 Å². The van der Waals surface area contributed by atoms with Gasteiger partial charge in [-0.05, 0) is 74.2 Å². The van der Waals surface area contributed by atoms with Crippen molar-refractivity contribution in [2.24, 2.45) is 0 Å². The molecule has 2 aromatic carbocycles. The van der Waals surface area contributed by atoms with E-state index in [-0.39, 0.29) is 5.91 Å². The Kier molecular flexibility index (Phi) is 7.49. The quantitative estimate of drug-likeness (QED) is 0.547. The summed E-state index contributed by atoms with van der Waals surface area (Å²) in [7, 11) is 1.58. The van der Waals surface area contributed by atoms with Crippen LogP contribution >= 0.6 is 0 Å². The van der Waals surface area contributed by atoms with E-state index in [0.29, 0.717) is 11.4 Å². The summed E-state index contributed by atoms with van der Waals surface area (Å²) in [6.07, 6.45) is 5.73. The van der Waals surface area contributed by atoms with Crippen molar-refractivity contribution in [2.75, 3.05) is 30.4 Å². The van der Waals surface area contributed by atoms with Crippen LogP contribution in [-0.2, 0) is 14.3 Å². The van der Waals surface area contributed by atoms with Gasteiger partial charge < -0.3 is 19.7 Å². The standard InChI is InChI=1S/C24H28N2O4/c1-18(30-23(27)14-9-19-7-6-8-22(17-19)29-2)24(28)25-20-10-12-21(13-11-20)26-15-4-3-5-16-26/h6-14,17-18H,3-5,15-16H2,1-2H3,(H,25,28)/b14-9+/t18-/m1/s1. The Hall–Kier alpha value is -3.28. The summed E-state index contributed by atoms with van der Waals surface area (Å²) in [5, 5.41) is 2.79. The molecular weight excluding hydrogens is 380 g/mol. The number of hydrogen-bond acceptors (Lipinski definition) is 5. The van der Waals surface area contributed by atoms with Gasteiger partial charge >= 0.3 is 5.97 Å². The van der Waals surface area contributed by atoms with E-state index in [1.54, 1.807) is 26.2 Å². The maximum absolute atomic E-state index is 12.4. The highest BCUT2D eigenvalue weighted by Gasteiger charge is 2.17. The van der Waals surface area contributed by atoms with Gasteiger partial charge in [0.15, 0.2) is 6.10 Å². The molecule has 0 unspecified atom stereocenters. The van der Waals surface area contributed by atoms with E-state index in [4.69, 9.17) is 9.47 Å². The molecule has 1 aliphatic rings. The van der Waals surface area contributed by atoms with E-state index in [1.807, 2.05) is 42.5 Å². The zero-order valence-corrected chi connectivity index (χ0v) is 17.5. The molecule has 1 N–H and O–H groups in total. The van der Waals surface area contributed by atoms with Gasteiger partial charge in [0, 0.05) is 30.5 Å². The molecule has 0 spiro atoms. The largest absolute Gasteiger partial charge is 0.497 e. The lowest BCUT2D eigenvalue weighted by atomic mass is 10.1. The van der Waals surface area contributed by atoms with E-state index in [9.17, 15) is 9.59 Å². The van der Waals surface area contributed by atoms with Crippen LogP contribution in [0.5, 0.6) is 5.75 Å². The van der Waals surface area contributed by atoms with Crippen molar-refractivity contribution in [3.05, 3.63) is 60.2 Å². The third-order valence-corrected chi connectivity index (χ3v) is 5.02. The first kappa shape index (κ1) is 21.4. The SMILES string of the molecule is COc1cccc(/C=C/C(=O)O[C@H](C)C(=O)Nc2ccc(N3CCCCC3)cc2)c1. The van der Waals surface area contributed by atoms with Crippen molar-refractivity contribution < 1.29 is 19.1 Å². The average Bonchev–Trinajstić information content (AvgIpc) is 2.79. The smallest absolute Gasteiger partial charge is 0.331 e. The second-order valence-corrected chi connectivity index (χ2v) is 7.27. The molecule has 0 aromatic heterocycles. The van der Waals surface area contributed by atoms with E-state index >= 15 is 0 Å². The Morgan fingerprint density at radius 3 is 2.50 bits per heavy atom. The fourth-order valence-electron chi connectivity index (χ4n) is 3.33. The minimum Gasteiger partial charge on any atom is -0.497 e. The Balaban J connectivity index is 1.50. The molecule has 6 heteroatoms. The molecule has 1 fully saturated rings. The van der Waals surface area contributed by atoms with E-state index in [1.165, 1.54) is 25.3 Å². The minimum absolute atomic E-state index is 0.371. The summed E-state index contributed by atoms with van der Waals surface area (Å²) in [6.45, 7) is 3.69. The summed E-state index contributed by atoms with van der Waals surface area (Å²) in [5.41, 5.74) is 2.64. The van der Waals surface area contributed by atoms with Gasteiger partial charge in [0.25, 0.3) is 5.91 Å². The van der Waals surface area contributed by atoms with Gasteiger partial charge in [-0.3, -0.25) is 4.79 Å². The molecule has 1 heterocycles. The molecule has 3 rings (SSSR count). The number of carbonyl (C=O) groups is 2. The van der Waals surface area contributed by atoms with Gasteiger partial charge in [-0.2, -0.15) is 0 Å². The second kappa shape index (κ2) is 10.5. The number of nitrogens with one attached hydrogen (secondary N) is 1. The Labute approximate surface area is 177 Å². The zero-order valence-electron chi connectivity index (χ0n) is 17.5. The molecule has 6 nitrogen and oxygen atoms in total. The molecule has 0 radical (unpaired) electrons. The van der Waals surface area contributed by atoms with Crippen LogP contribution < -0.4 is 15.0 Å². The molecule has 1 saturated heterocycles. The number of benzene rings is 2. The van der Waals surface area contributed by atoms with Crippen LogP contribution in [0.3, 0.4) is 0 Å². The Morgan fingerprint density at radius 2 is 1.80 bits per heavy atom. The lowest BCUT2D eigenvalue weighted by Crippen LogP contribution is -2.30. The summed E-state index contributed by atoms with van der Waals surface area (Å²) in [4.78, 5) is 26.7. The molecule has 0 saturated carbocycles. The highest BCUT2D eigenvalue weighted by Crippen LogP contribution is 2.22. The van der Waals surface area contributed by atoms with Crippen LogP contribution in [0.25, 0.3) is 6.08 Å². The molecule has 158 valence electrons. The number of ether oxygens (including phenoxy) is 2. The fourth-order valence-corrected chi connectivity index (χ4v) is 3.33. The Morgan fingerprint density at radius 1 is 1.07 bits per heavy atom. The van der Waals surface area contributed by atoms with Crippen LogP contribution in [0.15, 0.2) is 54.6 Å². The number of esters is 1. The van der Waals surface area contributed by atoms with E-state index in [2.05, 4.69) is 10.2 Å². The number of hydrogen-bond donors (Lipinski definition) is 1. The van der Waals surface area contributed by atoms with Gasteiger partial charge in [0.05, 0.1) is 7.11 Å². The number of piperidine rings is 1. The predicted molar refractivity (Wildman–Crippen MR) is 119 cm³/mol. The Bertz CT molecular complexity index is 886. The lowest BCUT2D eigenvalue weighted by molar-refractivity contribution is -0.148. The predicted octanol–water partition coefficient (Wildman–Crippen LogP) is 4.27. The topological polar surface area (TPSA) is 67.9 Å². The van der Waals surface area contributed by atoms with Crippen molar-refractivity contribution in [3.8, 4) is 5.75 Å². The van der Waals surface area contributed by atoms with Crippen molar-refractivity contribution >= 4 is 29.3 Å². The third kappa shape index (κ3) is 6.11. The monoisotopic (exact) mass is 408 g/mol. The maximum Gasteiger partial charge on any atom is 0.331 e. The molecule has 0 aliphatic carbocycles.